The number of rotatable bonds is 8. The first-order valence-corrected chi connectivity index (χ1v) is 12.5. The van der Waals surface area contributed by atoms with Crippen molar-refractivity contribution in [2.75, 3.05) is 53.4 Å². The standard InChI is InChI=1S/C27H33N3OS/c1-28(2)15-8-16-29-17-19-30(20-18-29)27(31)25-13-5-6-14-26(25)32-21-23-11-7-10-22-9-3-4-12-24(22)23/h3-7,9-14H,8,15-21H2,1-2H3. The van der Waals surface area contributed by atoms with Gasteiger partial charge in [0.2, 0.25) is 0 Å². The summed E-state index contributed by atoms with van der Waals surface area (Å²) in [5, 5.41) is 2.55. The van der Waals surface area contributed by atoms with Gasteiger partial charge in [0.15, 0.2) is 0 Å². The normalized spacial score (nSPS) is 14.9. The van der Waals surface area contributed by atoms with Gasteiger partial charge in [-0.1, -0.05) is 54.6 Å². The summed E-state index contributed by atoms with van der Waals surface area (Å²) >= 11 is 1.76. The fraction of sp³-hybridized carbons (Fsp3) is 0.370. The van der Waals surface area contributed by atoms with Crippen LogP contribution in [0.4, 0.5) is 0 Å². The molecule has 3 aromatic carbocycles. The highest BCUT2D eigenvalue weighted by atomic mass is 32.2. The molecule has 3 aromatic rings. The Kier molecular flexibility index (Phi) is 7.85. The van der Waals surface area contributed by atoms with Crippen molar-refractivity contribution < 1.29 is 4.79 Å². The Bertz CT molecular complexity index is 1040. The van der Waals surface area contributed by atoms with Crippen LogP contribution in [0.2, 0.25) is 0 Å². The molecule has 32 heavy (non-hydrogen) atoms. The van der Waals surface area contributed by atoms with E-state index in [1.807, 2.05) is 23.1 Å². The predicted molar refractivity (Wildman–Crippen MR) is 135 cm³/mol. The van der Waals surface area contributed by atoms with Crippen LogP contribution < -0.4 is 0 Å². The van der Waals surface area contributed by atoms with Gasteiger partial charge in [0.1, 0.15) is 0 Å². The van der Waals surface area contributed by atoms with Crippen molar-refractivity contribution in [3.63, 3.8) is 0 Å². The van der Waals surface area contributed by atoms with Gasteiger partial charge in [-0.15, -0.1) is 11.8 Å². The molecule has 5 heteroatoms. The molecule has 1 saturated heterocycles. The van der Waals surface area contributed by atoms with Gasteiger partial charge in [0, 0.05) is 36.8 Å². The van der Waals surface area contributed by atoms with Gasteiger partial charge in [-0.25, -0.2) is 0 Å². The number of hydrogen-bond acceptors (Lipinski definition) is 4. The molecular weight excluding hydrogens is 414 g/mol. The summed E-state index contributed by atoms with van der Waals surface area (Å²) in [6.45, 7) is 5.76. The summed E-state index contributed by atoms with van der Waals surface area (Å²) in [6.07, 6.45) is 1.18. The summed E-state index contributed by atoms with van der Waals surface area (Å²) < 4.78 is 0. The third-order valence-corrected chi connectivity index (χ3v) is 7.24. The van der Waals surface area contributed by atoms with Gasteiger partial charge in [-0.05, 0) is 62.1 Å². The van der Waals surface area contributed by atoms with Crippen molar-refractivity contribution in [3.05, 3.63) is 77.9 Å². The van der Waals surface area contributed by atoms with E-state index in [-0.39, 0.29) is 5.91 Å². The van der Waals surface area contributed by atoms with E-state index in [1.165, 1.54) is 22.8 Å². The highest BCUT2D eigenvalue weighted by Crippen LogP contribution is 2.30. The van der Waals surface area contributed by atoms with Crippen LogP contribution in [0.1, 0.15) is 22.3 Å². The van der Waals surface area contributed by atoms with Gasteiger partial charge < -0.3 is 9.80 Å². The first-order chi connectivity index (χ1) is 15.6. The maximum Gasteiger partial charge on any atom is 0.255 e. The van der Waals surface area contributed by atoms with E-state index in [0.717, 1.165) is 55.5 Å². The van der Waals surface area contributed by atoms with Crippen molar-refractivity contribution in [1.82, 2.24) is 14.7 Å². The third-order valence-electron chi connectivity index (χ3n) is 6.12. The minimum Gasteiger partial charge on any atom is -0.336 e. The molecule has 4 nitrogen and oxygen atoms in total. The van der Waals surface area contributed by atoms with Crippen LogP contribution in [-0.2, 0) is 5.75 Å². The Labute approximate surface area is 196 Å². The Morgan fingerprint density at radius 3 is 2.44 bits per heavy atom. The van der Waals surface area contributed by atoms with Crippen LogP contribution in [0.5, 0.6) is 0 Å². The molecule has 0 saturated carbocycles. The number of nitrogens with zero attached hydrogens (tertiary/aromatic N) is 3. The second-order valence-corrected chi connectivity index (χ2v) is 9.73. The smallest absolute Gasteiger partial charge is 0.255 e. The van der Waals surface area contributed by atoms with Crippen molar-refractivity contribution in [2.24, 2.45) is 0 Å². The lowest BCUT2D eigenvalue weighted by Crippen LogP contribution is -2.49. The average Bonchev–Trinajstić information content (AvgIpc) is 2.83. The molecule has 0 aliphatic carbocycles. The quantitative estimate of drug-likeness (QED) is 0.462. The maximum atomic E-state index is 13.3. The molecule has 0 unspecified atom stereocenters. The summed E-state index contributed by atoms with van der Waals surface area (Å²) in [5.74, 6) is 1.02. The van der Waals surface area contributed by atoms with Crippen molar-refractivity contribution in [3.8, 4) is 0 Å². The number of amides is 1. The number of hydrogen-bond donors (Lipinski definition) is 0. The van der Waals surface area contributed by atoms with Crippen LogP contribution in [0.15, 0.2) is 71.6 Å². The zero-order valence-electron chi connectivity index (χ0n) is 19.2. The number of benzene rings is 3. The molecule has 0 aromatic heterocycles. The van der Waals surface area contributed by atoms with Crippen molar-refractivity contribution in [1.29, 1.82) is 0 Å². The highest BCUT2D eigenvalue weighted by molar-refractivity contribution is 7.98. The second-order valence-electron chi connectivity index (χ2n) is 8.71. The first-order valence-electron chi connectivity index (χ1n) is 11.5. The molecule has 0 spiro atoms. The van der Waals surface area contributed by atoms with Crippen LogP contribution in [-0.4, -0.2) is 74.0 Å². The highest BCUT2D eigenvalue weighted by Gasteiger charge is 2.23. The topological polar surface area (TPSA) is 26.8 Å². The van der Waals surface area contributed by atoms with Crippen LogP contribution in [0.25, 0.3) is 10.8 Å². The van der Waals surface area contributed by atoms with E-state index in [2.05, 4.69) is 72.4 Å². The van der Waals surface area contributed by atoms with Crippen LogP contribution >= 0.6 is 11.8 Å². The number of thioether (sulfide) groups is 1. The number of piperazine rings is 1. The van der Waals surface area contributed by atoms with E-state index in [1.54, 1.807) is 11.8 Å². The molecule has 0 atom stereocenters. The largest absolute Gasteiger partial charge is 0.336 e. The molecule has 1 heterocycles. The Hall–Kier alpha value is -2.34. The molecule has 1 fully saturated rings. The molecule has 1 amide bonds. The minimum atomic E-state index is 0.166. The Morgan fingerprint density at radius 2 is 1.62 bits per heavy atom. The molecule has 168 valence electrons. The Balaban J connectivity index is 1.38. The van der Waals surface area contributed by atoms with Gasteiger partial charge >= 0.3 is 0 Å². The van der Waals surface area contributed by atoms with Crippen molar-refractivity contribution >= 4 is 28.4 Å². The third kappa shape index (κ3) is 5.71. The lowest BCUT2D eigenvalue weighted by Gasteiger charge is -2.35. The Morgan fingerprint density at radius 1 is 0.906 bits per heavy atom. The monoisotopic (exact) mass is 447 g/mol. The van der Waals surface area contributed by atoms with Gasteiger partial charge in [0.25, 0.3) is 5.91 Å². The van der Waals surface area contributed by atoms with Gasteiger partial charge in [-0.3, -0.25) is 9.69 Å². The van der Waals surface area contributed by atoms with Crippen LogP contribution in [0.3, 0.4) is 0 Å². The zero-order valence-corrected chi connectivity index (χ0v) is 20.0. The summed E-state index contributed by atoms with van der Waals surface area (Å²) in [6, 6.07) is 23.0. The summed E-state index contributed by atoms with van der Waals surface area (Å²) in [7, 11) is 4.23. The van der Waals surface area contributed by atoms with Crippen LogP contribution in [0, 0.1) is 0 Å². The van der Waals surface area contributed by atoms with E-state index in [0.29, 0.717) is 0 Å². The SMILES string of the molecule is CN(C)CCCN1CCN(C(=O)c2ccccc2SCc2cccc3ccccc23)CC1. The molecule has 0 bridgehead atoms. The lowest BCUT2D eigenvalue weighted by molar-refractivity contribution is 0.0630. The average molecular weight is 448 g/mol. The van der Waals surface area contributed by atoms with Gasteiger partial charge in [0.05, 0.1) is 5.56 Å². The fourth-order valence-corrected chi connectivity index (χ4v) is 5.35. The maximum absolute atomic E-state index is 13.3. The van der Waals surface area contributed by atoms with Crippen molar-refractivity contribution in [2.45, 2.75) is 17.1 Å². The molecule has 0 N–H and O–H groups in total. The minimum absolute atomic E-state index is 0.166. The molecule has 1 aliphatic heterocycles. The number of carbonyl (C=O) groups is 1. The van der Waals surface area contributed by atoms with Gasteiger partial charge in [-0.2, -0.15) is 0 Å². The molecule has 0 radical (unpaired) electrons. The lowest BCUT2D eigenvalue weighted by atomic mass is 10.1. The van der Waals surface area contributed by atoms with E-state index in [9.17, 15) is 4.79 Å². The van der Waals surface area contributed by atoms with E-state index < -0.39 is 0 Å². The molecule has 1 aliphatic rings. The summed E-state index contributed by atoms with van der Waals surface area (Å²) in [5.41, 5.74) is 2.14. The molecule has 4 rings (SSSR count). The number of carbonyl (C=O) groups excluding carboxylic acids is 1. The zero-order chi connectivity index (χ0) is 22.3. The first kappa shape index (κ1) is 22.8. The number of fused-ring (bicyclic) bond motifs is 1. The molecular formula is C27H33N3OS. The van der Waals surface area contributed by atoms with E-state index >= 15 is 0 Å². The second kappa shape index (κ2) is 11.0. The predicted octanol–water partition coefficient (Wildman–Crippen LogP) is 4.84. The fourth-order valence-electron chi connectivity index (χ4n) is 4.30. The summed E-state index contributed by atoms with van der Waals surface area (Å²) in [4.78, 5) is 21.1. The van der Waals surface area contributed by atoms with E-state index in [4.69, 9.17) is 0 Å².